The Hall–Kier alpha value is -0.610. The van der Waals surface area contributed by atoms with Crippen LogP contribution >= 0.6 is 0 Å². The van der Waals surface area contributed by atoms with Crippen LogP contribution in [0.2, 0.25) is 0 Å². The molecule has 1 amide bonds. The smallest absolute Gasteiger partial charge is 0.220 e. The standard InChI is InChI=1S/C16H32N2O2/c1-13(12-16(2,3)4)11-15(19)18-9-10-20-14-5-7-17-8-6-14/h13-14,17H,5-12H2,1-4H3,(H,18,19). The first kappa shape index (κ1) is 17.4. The fraction of sp³-hybridized carbons (Fsp3) is 0.938. The Kier molecular flexibility index (Phi) is 7.52. The number of carbonyl (C=O) groups excluding carboxylic acids is 1. The Balaban J connectivity index is 2.04. The third-order valence-corrected chi connectivity index (χ3v) is 3.56. The van der Waals surface area contributed by atoms with Crippen LogP contribution in [0.1, 0.15) is 53.4 Å². The summed E-state index contributed by atoms with van der Waals surface area (Å²) < 4.78 is 5.76. The van der Waals surface area contributed by atoms with Crippen molar-refractivity contribution in [2.75, 3.05) is 26.2 Å². The second kappa shape index (κ2) is 8.63. The van der Waals surface area contributed by atoms with E-state index in [1.165, 1.54) is 0 Å². The van der Waals surface area contributed by atoms with Gasteiger partial charge in [0.2, 0.25) is 5.91 Å². The number of nitrogens with one attached hydrogen (secondary N) is 2. The van der Waals surface area contributed by atoms with E-state index in [0.717, 1.165) is 32.4 Å². The summed E-state index contributed by atoms with van der Waals surface area (Å²) in [7, 11) is 0. The highest BCUT2D eigenvalue weighted by Gasteiger charge is 2.17. The fourth-order valence-corrected chi connectivity index (χ4v) is 2.88. The van der Waals surface area contributed by atoms with E-state index in [0.29, 0.717) is 31.6 Å². The molecule has 1 heterocycles. The minimum atomic E-state index is 0.149. The highest BCUT2D eigenvalue weighted by atomic mass is 16.5. The average molecular weight is 284 g/mol. The van der Waals surface area contributed by atoms with Gasteiger partial charge in [-0.1, -0.05) is 27.7 Å². The van der Waals surface area contributed by atoms with Gasteiger partial charge in [0.1, 0.15) is 0 Å². The molecule has 0 radical (unpaired) electrons. The molecule has 0 aromatic carbocycles. The van der Waals surface area contributed by atoms with Crippen molar-refractivity contribution in [1.29, 1.82) is 0 Å². The van der Waals surface area contributed by atoms with Crippen molar-refractivity contribution < 1.29 is 9.53 Å². The average Bonchev–Trinajstić information content (AvgIpc) is 2.33. The van der Waals surface area contributed by atoms with Gasteiger partial charge in [-0.05, 0) is 43.7 Å². The minimum Gasteiger partial charge on any atom is -0.376 e. The largest absolute Gasteiger partial charge is 0.376 e. The van der Waals surface area contributed by atoms with Crippen LogP contribution in [0.15, 0.2) is 0 Å². The number of carbonyl (C=O) groups is 1. The van der Waals surface area contributed by atoms with Crippen molar-refractivity contribution in [1.82, 2.24) is 10.6 Å². The predicted octanol–water partition coefficient (Wildman–Crippen LogP) is 2.33. The molecule has 0 aromatic heterocycles. The molecule has 1 saturated heterocycles. The molecule has 1 aliphatic rings. The molecule has 1 rings (SSSR count). The summed E-state index contributed by atoms with van der Waals surface area (Å²) in [6.45, 7) is 12.1. The Bertz CT molecular complexity index is 281. The lowest BCUT2D eigenvalue weighted by molar-refractivity contribution is -0.122. The number of hydrogen-bond acceptors (Lipinski definition) is 3. The van der Waals surface area contributed by atoms with Crippen LogP contribution in [-0.4, -0.2) is 38.3 Å². The lowest BCUT2D eigenvalue weighted by atomic mass is 9.84. The van der Waals surface area contributed by atoms with E-state index in [1.54, 1.807) is 0 Å². The summed E-state index contributed by atoms with van der Waals surface area (Å²) in [5, 5.41) is 6.27. The summed E-state index contributed by atoms with van der Waals surface area (Å²) in [6, 6.07) is 0. The number of amides is 1. The molecule has 118 valence electrons. The zero-order chi connectivity index (χ0) is 15.0. The second-order valence-electron chi connectivity index (χ2n) is 7.24. The number of ether oxygens (including phenoxy) is 1. The van der Waals surface area contributed by atoms with Gasteiger partial charge in [0.05, 0.1) is 12.7 Å². The summed E-state index contributed by atoms with van der Waals surface area (Å²) in [5.41, 5.74) is 0.290. The van der Waals surface area contributed by atoms with Gasteiger partial charge in [-0.15, -0.1) is 0 Å². The first-order valence-electron chi connectivity index (χ1n) is 7.96. The molecule has 1 atom stereocenters. The van der Waals surface area contributed by atoms with E-state index in [1.807, 2.05) is 0 Å². The predicted molar refractivity (Wildman–Crippen MR) is 82.7 cm³/mol. The van der Waals surface area contributed by atoms with Gasteiger partial charge in [0.25, 0.3) is 0 Å². The molecule has 0 aromatic rings. The summed E-state index contributed by atoms with van der Waals surface area (Å²) >= 11 is 0. The molecule has 0 bridgehead atoms. The highest BCUT2D eigenvalue weighted by molar-refractivity contribution is 5.76. The molecule has 0 aliphatic carbocycles. The van der Waals surface area contributed by atoms with E-state index in [2.05, 4.69) is 38.3 Å². The Morgan fingerprint density at radius 2 is 2.00 bits per heavy atom. The van der Waals surface area contributed by atoms with Crippen LogP contribution in [0.4, 0.5) is 0 Å². The van der Waals surface area contributed by atoms with E-state index < -0.39 is 0 Å². The third-order valence-electron chi connectivity index (χ3n) is 3.56. The van der Waals surface area contributed by atoms with Crippen LogP contribution in [0, 0.1) is 11.3 Å². The molecule has 1 fully saturated rings. The molecule has 0 saturated carbocycles. The van der Waals surface area contributed by atoms with Crippen LogP contribution in [0.5, 0.6) is 0 Å². The molecule has 4 nitrogen and oxygen atoms in total. The molecule has 1 unspecified atom stereocenters. The van der Waals surface area contributed by atoms with Crippen molar-refractivity contribution in [3.63, 3.8) is 0 Å². The van der Waals surface area contributed by atoms with Crippen LogP contribution in [0.3, 0.4) is 0 Å². The first-order valence-corrected chi connectivity index (χ1v) is 7.96. The van der Waals surface area contributed by atoms with Gasteiger partial charge in [-0.3, -0.25) is 4.79 Å². The van der Waals surface area contributed by atoms with Crippen molar-refractivity contribution in [3.8, 4) is 0 Å². The lowest BCUT2D eigenvalue weighted by Crippen LogP contribution is -2.35. The monoisotopic (exact) mass is 284 g/mol. The molecule has 0 spiro atoms. The highest BCUT2D eigenvalue weighted by Crippen LogP contribution is 2.25. The van der Waals surface area contributed by atoms with Crippen molar-refractivity contribution in [3.05, 3.63) is 0 Å². The second-order valence-corrected chi connectivity index (χ2v) is 7.24. The van der Waals surface area contributed by atoms with Crippen LogP contribution in [-0.2, 0) is 9.53 Å². The molecule has 4 heteroatoms. The fourth-order valence-electron chi connectivity index (χ4n) is 2.88. The van der Waals surface area contributed by atoms with Gasteiger partial charge in [-0.25, -0.2) is 0 Å². The SMILES string of the molecule is CC(CC(=O)NCCOC1CCNCC1)CC(C)(C)C. The normalized spacial score (nSPS) is 18.8. The Labute approximate surface area is 124 Å². The zero-order valence-electron chi connectivity index (χ0n) is 13.6. The van der Waals surface area contributed by atoms with Gasteiger partial charge in [0, 0.05) is 13.0 Å². The van der Waals surface area contributed by atoms with E-state index in [9.17, 15) is 4.79 Å². The van der Waals surface area contributed by atoms with E-state index >= 15 is 0 Å². The van der Waals surface area contributed by atoms with Gasteiger partial charge >= 0.3 is 0 Å². The van der Waals surface area contributed by atoms with Crippen molar-refractivity contribution >= 4 is 5.91 Å². The van der Waals surface area contributed by atoms with Crippen molar-refractivity contribution in [2.24, 2.45) is 11.3 Å². The lowest BCUT2D eigenvalue weighted by Gasteiger charge is -2.24. The molecule has 20 heavy (non-hydrogen) atoms. The third kappa shape index (κ3) is 8.54. The van der Waals surface area contributed by atoms with Crippen molar-refractivity contribution in [2.45, 2.75) is 59.5 Å². The van der Waals surface area contributed by atoms with Gasteiger partial charge < -0.3 is 15.4 Å². The van der Waals surface area contributed by atoms with Crippen LogP contribution in [0.25, 0.3) is 0 Å². The minimum absolute atomic E-state index is 0.149. The molecular weight excluding hydrogens is 252 g/mol. The van der Waals surface area contributed by atoms with Crippen LogP contribution < -0.4 is 10.6 Å². The number of piperidine rings is 1. The topological polar surface area (TPSA) is 50.4 Å². The summed E-state index contributed by atoms with van der Waals surface area (Å²) in [5.74, 6) is 0.580. The van der Waals surface area contributed by atoms with E-state index in [4.69, 9.17) is 4.74 Å². The van der Waals surface area contributed by atoms with E-state index in [-0.39, 0.29) is 11.3 Å². The Morgan fingerprint density at radius 3 is 2.60 bits per heavy atom. The number of hydrogen-bond donors (Lipinski definition) is 2. The molecule has 2 N–H and O–H groups in total. The zero-order valence-corrected chi connectivity index (χ0v) is 13.6. The maximum absolute atomic E-state index is 11.8. The first-order chi connectivity index (χ1) is 9.37. The quantitative estimate of drug-likeness (QED) is 0.706. The van der Waals surface area contributed by atoms with Gasteiger partial charge in [0.15, 0.2) is 0 Å². The molecule has 1 aliphatic heterocycles. The Morgan fingerprint density at radius 1 is 1.35 bits per heavy atom. The molecular formula is C16H32N2O2. The maximum atomic E-state index is 11.8. The number of rotatable bonds is 7. The maximum Gasteiger partial charge on any atom is 0.220 e. The van der Waals surface area contributed by atoms with Gasteiger partial charge in [-0.2, -0.15) is 0 Å². The summed E-state index contributed by atoms with van der Waals surface area (Å²) in [4.78, 5) is 11.8. The summed E-state index contributed by atoms with van der Waals surface area (Å²) in [6.07, 6.45) is 4.22.